The van der Waals surface area contributed by atoms with Gasteiger partial charge in [-0.15, -0.1) is 0 Å². The van der Waals surface area contributed by atoms with Crippen molar-refractivity contribution in [1.29, 1.82) is 0 Å². The Morgan fingerprint density at radius 1 is 0.340 bits per heavy atom. The van der Waals surface area contributed by atoms with Crippen LogP contribution >= 0.6 is 0 Å². The van der Waals surface area contributed by atoms with Crippen molar-refractivity contribution in [1.82, 2.24) is 19.6 Å². The van der Waals surface area contributed by atoms with E-state index in [2.05, 4.69) is 74.4 Å². The Bertz CT molecular complexity index is 3350. The van der Waals surface area contributed by atoms with Crippen molar-refractivity contribution in [3.8, 4) is 17.2 Å². The Balaban J connectivity index is 0.000000200. The maximum Gasteiger partial charge on any atom is 0.338 e. The molecule has 18 nitrogen and oxygen atoms in total. The molecule has 3 fully saturated rings. The van der Waals surface area contributed by atoms with Gasteiger partial charge in [-0.05, 0) is 167 Å². The summed E-state index contributed by atoms with van der Waals surface area (Å²) in [4.78, 5) is 106. The minimum atomic E-state index is -0.521. The number of piperazine rings is 1. The molecule has 6 aromatic rings. The van der Waals surface area contributed by atoms with E-state index in [1.54, 1.807) is 126 Å². The van der Waals surface area contributed by atoms with E-state index in [0.29, 0.717) is 110 Å². The molecule has 0 bridgehead atoms. The number of piperidine rings is 2. The largest absolute Gasteiger partial charge is 0.497 e. The van der Waals surface area contributed by atoms with Gasteiger partial charge in [0.05, 0.1) is 38.0 Å². The number of ketones is 1. The molecule has 0 unspecified atom stereocenters. The zero-order valence-corrected chi connectivity index (χ0v) is 56.6. The molecule has 0 saturated carbocycles. The normalized spacial score (nSPS) is 14.6. The minimum Gasteiger partial charge on any atom is -0.497 e. The van der Waals surface area contributed by atoms with Crippen LogP contribution in [0.2, 0.25) is 0 Å². The van der Waals surface area contributed by atoms with Gasteiger partial charge in [0.25, 0.3) is 23.6 Å². The second-order valence-corrected chi connectivity index (χ2v) is 26.8. The van der Waals surface area contributed by atoms with Gasteiger partial charge in [0, 0.05) is 69.4 Å². The lowest BCUT2D eigenvalue weighted by Gasteiger charge is -2.34. The molecule has 18 heteroatoms. The number of hydrogen-bond donors (Lipinski definition) is 0. The van der Waals surface area contributed by atoms with E-state index in [9.17, 15) is 38.4 Å². The number of ether oxygens (including phenoxy) is 6. The molecule has 0 atom stereocenters. The van der Waals surface area contributed by atoms with Gasteiger partial charge in [-0.2, -0.15) is 0 Å². The fourth-order valence-electron chi connectivity index (χ4n) is 11.0. The van der Waals surface area contributed by atoms with Gasteiger partial charge in [-0.1, -0.05) is 111 Å². The van der Waals surface area contributed by atoms with Crippen LogP contribution in [-0.2, 0) is 44.8 Å². The van der Waals surface area contributed by atoms with Gasteiger partial charge in [-0.25, -0.2) is 14.4 Å². The van der Waals surface area contributed by atoms with Gasteiger partial charge in [-0.3, -0.25) is 24.0 Å². The van der Waals surface area contributed by atoms with Crippen LogP contribution in [0, 0.1) is 5.92 Å². The lowest BCUT2D eigenvalue weighted by atomic mass is 9.87. The van der Waals surface area contributed by atoms with Crippen LogP contribution in [0.25, 0.3) is 0 Å². The van der Waals surface area contributed by atoms with Gasteiger partial charge in [0.15, 0.2) is 25.6 Å². The van der Waals surface area contributed by atoms with Gasteiger partial charge in [0.1, 0.15) is 17.2 Å². The zero-order chi connectivity index (χ0) is 68.3. The van der Waals surface area contributed by atoms with Crippen LogP contribution in [0.5, 0.6) is 17.2 Å². The van der Waals surface area contributed by atoms with Crippen molar-refractivity contribution >= 4 is 47.3 Å². The monoisotopic (exact) mass is 1280 g/mol. The summed E-state index contributed by atoms with van der Waals surface area (Å²) in [5.41, 5.74) is 7.22. The second-order valence-electron chi connectivity index (χ2n) is 26.8. The predicted molar refractivity (Wildman–Crippen MR) is 360 cm³/mol. The van der Waals surface area contributed by atoms with E-state index in [1.165, 1.54) is 5.56 Å². The molecule has 3 aliphatic rings. The molecule has 0 aliphatic carbocycles. The Labute approximate surface area is 553 Å². The SMILES string of the molecule is COc1ccc(C(=O)C2CCN(C(=O)COC(=O)c3ccc(C(C)(C)C)cc3)CC2)cc1.COc1ccc(C(=O)N2CCN(C(=O)COC(=O)c3ccc(C(C)(C)C)cc3)CC2)cc1.COc1ccc(C2CCN(C(=O)COC(=O)c3ccc(C(C)(C)C)cc3)CC2)cc1. The highest BCUT2D eigenvalue weighted by Crippen LogP contribution is 2.31. The van der Waals surface area contributed by atoms with E-state index in [0.717, 1.165) is 35.3 Å². The van der Waals surface area contributed by atoms with E-state index < -0.39 is 17.9 Å². The maximum absolute atomic E-state index is 12.7. The van der Waals surface area contributed by atoms with Crippen molar-refractivity contribution in [3.05, 3.63) is 196 Å². The van der Waals surface area contributed by atoms with Crippen molar-refractivity contribution in [2.75, 3.05) is 93.5 Å². The van der Waals surface area contributed by atoms with Crippen LogP contribution in [0.15, 0.2) is 146 Å². The van der Waals surface area contributed by atoms with Crippen molar-refractivity contribution < 1.29 is 66.8 Å². The van der Waals surface area contributed by atoms with E-state index in [4.69, 9.17) is 28.4 Å². The minimum absolute atomic E-state index is 0.000714. The molecule has 4 amide bonds. The summed E-state index contributed by atoms with van der Waals surface area (Å²) in [6.07, 6.45) is 3.00. The number of methoxy groups -OCH3 is 3. The van der Waals surface area contributed by atoms with Crippen LogP contribution < -0.4 is 14.2 Å². The van der Waals surface area contributed by atoms with Gasteiger partial charge < -0.3 is 48.0 Å². The highest BCUT2D eigenvalue weighted by molar-refractivity contribution is 5.98. The Kier molecular flexibility index (Phi) is 25.3. The standard InChI is InChI=1S/C26H31NO5.C25H30N2O5.C25H31NO4/c1-26(2,3)21-9-5-20(6-10-21)25(30)32-17-23(28)27-15-13-19(14-16-27)24(29)18-7-11-22(31-4)12-8-18;1-25(2,3)20-9-5-19(6-10-20)24(30)32-17-22(28)26-13-15-27(16-14-26)23(29)18-7-11-21(31-4)12-8-18;1-25(2,3)21-9-5-20(6-10-21)24(28)30-17-23(27)26-15-13-19(14-16-26)18-7-11-22(29-4)12-8-18/h5-12,19H,13-17H2,1-4H3;5-12H,13-17H2,1-4H3;5-12,19H,13-17H2,1-4H3. The van der Waals surface area contributed by atoms with Crippen molar-refractivity contribution in [2.24, 2.45) is 5.92 Å². The summed E-state index contributed by atoms with van der Waals surface area (Å²) < 4.78 is 31.2. The van der Waals surface area contributed by atoms with Crippen molar-refractivity contribution in [3.63, 3.8) is 0 Å². The van der Waals surface area contributed by atoms with E-state index in [1.807, 2.05) is 48.5 Å². The van der Waals surface area contributed by atoms with Gasteiger partial charge in [0.2, 0.25) is 0 Å². The number of benzene rings is 6. The van der Waals surface area contributed by atoms with Crippen LogP contribution in [0.3, 0.4) is 0 Å². The first kappa shape index (κ1) is 72.1. The van der Waals surface area contributed by atoms with E-state index >= 15 is 0 Å². The summed E-state index contributed by atoms with van der Waals surface area (Å²) >= 11 is 0. The third kappa shape index (κ3) is 20.6. The topological polar surface area (TPSA) is 205 Å². The average Bonchev–Trinajstić information content (AvgIpc) is 1.54. The van der Waals surface area contributed by atoms with Gasteiger partial charge >= 0.3 is 17.9 Å². The van der Waals surface area contributed by atoms with Crippen molar-refractivity contribution in [2.45, 2.75) is 110 Å². The summed E-state index contributed by atoms with van der Waals surface area (Å²) in [5.74, 6) is 0.450. The maximum atomic E-state index is 12.7. The molecule has 0 spiro atoms. The highest BCUT2D eigenvalue weighted by Gasteiger charge is 2.31. The van der Waals surface area contributed by atoms with Crippen LogP contribution in [0.4, 0.5) is 0 Å². The van der Waals surface area contributed by atoms with Crippen LogP contribution in [0.1, 0.15) is 168 Å². The fraction of sp³-hybridized carbons (Fsp3) is 0.421. The lowest BCUT2D eigenvalue weighted by Crippen LogP contribution is -2.51. The Morgan fingerprint density at radius 2 is 0.617 bits per heavy atom. The highest BCUT2D eigenvalue weighted by atomic mass is 16.5. The number of carbonyl (C=O) groups excluding carboxylic acids is 8. The summed E-state index contributed by atoms with van der Waals surface area (Å²) in [7, 11) is 4.82. The number of Topliss-reactive ketones (excluding diaryl/α,β-unsaturated/α-hetero) is 1. The molecule has 3 heterocycles. The number of hydrogen-bond acceptors (Lipinski definition) is 14. The Morgan fingerprint density at radius 3 is 0.936 bits per heavy atom. The molecule has 0 aromatic heterocycles. The second kappa shape index (κ2) is 33.0. The molecule has 3 aliphatic heterocycles. The first-order valence-electron chi connectivity index (χ1n) is 32.1. The molecular weight excluding hydrogens is 1190 g/mol. The number of amides is 4. The smallest absolute Gasteiger partial charge is 0.338 e. The first-order chi connectivity index (χ1) is 44.6. The molecule has 9 rings (SSSR count). The summed E-state index contributed by atoms with van der Waals surface area (Å²) in [6, 6.07) is 44.1. The quantitative estimate of drug-likeness (QED) is 0.0502. The summed E-state index contributed by atoms with van der Waals surface area (Å²) in [6.45, 7) is 22.1. The third-order valence-corrected chi connectivity index (χ3v) is 17.2. The first-order valence-corrected chi connectivity index (χ1v) is 32.1. The lowest BCUT2D eigenvalue weighted by molar-refractivity contribution is -0.136. The number of esters is 3. The molecule has 500 valence electrons. The Hall–Kier alpha value is -9.32. The predicted octanol–water partition coefficient (Wildman–Crippen LogP) is 12.0. The molecule has 0 radical (unpaired) electrons. The number of likely N-dealkylation sites (tertiary alicyclic amines) is 2. The molecule has 3 saturated heterocycles. The molecule has 94 heavy (non-hydrogen) atoms. The molecule has 6 aromatic carbocycles. The fourth-order valence-corrected chi connectivity index (χ4v) is 11.0. The molecular formula is C76H92N4O14. The summed E-state index contributed by atoms with van der Waals surface area (Å²) in [5, 5.41) is 0. The average molecular weight is 1290 g/mol. The third-order valence-electron chi connectivity index (χ3n) is 17.2. The van der Waals surface area contributed by atoms with E-state index in [-0.39, 0.29) is 71.4 Å². The molecule has 0 N–H and O–H groups in total. The van der Waals surface area contributed by atoms with Crippen LogP contribution in [-0.4, -0.2) is 160 Å². The zero-order valence-electron chi connectivity index (χ0n) is 56.6. The number of carbonyl (C=O) groups is 8. The number of nitrogens with zero attached hydrogens (tertiary/aromatic N) is 4. The number of rotatable bonds is 16.